The molecule has 2 saturated heterocycles. The van der Waals surface area contributed by atoms with E-state index in [4.69, 9.17) is 9.57 Å². The van der Waals surface area contributed by atoms with Gasteiger partial charge in [-0.15, -0.1) is 0 Å². The Labute approximate surface area is 206 Å². The molecule has 3 unspecified atom stereocenters. The highest BCUT2D eigenvalue weighted by atomic mass is 16.7. The van der Waals surface area contributed by atoms with Crippen molar-refractivity contribution in [3.05, 3.63) is 90.5 Å². The van der Waals surface area contributed by atoms with Crippen LogP contribution in [-0.4, -0.2) is 30.6 Å². The molecular formula is C29H30N2O4. The van der Waals surface area contributed by atoms with Gasteiger partial charge >= 0.3 is 0 Å². The molecule has 0 radical (unpaired) electrons. The Bertz CT molecular complexity index is 1150. The van der Waals surface area contributed by atoms with Crippen molar-refractivity contribution in [1.29, 1.82) is 0 Å². The molecule has 3 atom stereocenters. The summed E-state index contributed by atoms with van der Waals surface area (Å²) in [6, 6.07) is 26.5. The number of anilines is 2. The lowest BCUT2D eigenvalue weighted by Gasteiger charge is -2.28. The Balaban J connectivity index is 1.38. The molecule has 2 fully saturated rings. The third-order valence-electron chi connectivity index (χ3n) is 6.65. The summed E-state index contributed by atoms with van der Waals surface area (Å²) in [7, 11) is 0. The zero-order valence-electron chi connectivity index (χ0n) is 19.9. The van der Waals surface area contributed by atoms with Crippen LogP contribution in [0.3, 0.4) is 0 Å². The van der Waals surface area contributed by atoms with Gasteiger partial charge in [-0.3, -0.25) is 14.4 Å². The lowest BCUT2D eigenvalue weighted by Crippen LogP contribution is -2.41. The van der Waals surface area contributed by atoms with Crippen LogP contribution in [0, 0.1) is 5.92 Å². The van der Waals surface area contributed by atoms with Crippen molar-refractivity contribution in [3.8, 4) is 5.75 Å². The third-order valence-corrected chi connectivity index (χ3v) is 6.65. The van der Waals surface area contributed by atoms with Crippen LogP contribution in [0.4, 0.5) is 11.4 Å². The van der Waals surface area contributed by atoms with Crippen molar-refractivity contribution in [2.45, 2.75) is 44.8 Å². The summed E-state index contributed by atoms with van der Waals surface area (Å²) in [4.78, 5) is 34.6. The summed E-state index contributed by atoms with van der Waals surface area (Å²) in [5.74, 6) is -0.408. The molecule has 2 aliphatic rings. The number of imide groups is 1. The second-order valence-electron chi connectivity index (χ2n) is 9.03. The van der Waals surface area contributed by atoms with Gasteiger partial charge in [-0.2, -0.15) is 0 Å². The molecular weight excluding hydrogens is 440 g/mol. The number of fused-ring (bicyclic) bond motifs is 1. The lowest BCUT2D eigenvalue weighted by molar-refractivity contribution is -0.126. The Morgan fingerprint density at radius 2 is 1.49 bits per heavy atom. The minimum atomic E-state index is -0.846. The molecule has 2 amide bonds. The Kier molecular flexibility index (Phi) is 6.82. The molecule has 3 aromatic rings. The van der Waals surface area contributed by atoms with Gasteiger partial charge in [0.15, 0.2) is 6.10 Å². The molecule has 2 aliphatic heterocycles. The van der Waals surface area contributed by atoms with Gasteiger partial charge in [0, 0.05) is 0 Å². The average molecular weight is 471 g/mol. The fourth-order valence-electron chi connectivity index (χ4n) is 4.87. The number of hydrogen-bond acceptors (Lipinski definition) is 5. The van der Waals surface area contributed by atoms with Crippen molar-refractivity contribution in [1.82, 2.24) is 0 Å². The van der Waals surface area contributed by atoms with E-state index in [9.17, 15) is 9.59 Å². The number of hydroxylamine groups is 1. The number of ether oxygens (including phenoxy) is 1. The van der Waals surface area contributed by atoms with Crippen LogP contribution in [0.15, 0.2) is 84.9 Å². The fraction of sp³-hybridized carbons (Fsp3) is 0.310. The van der Waals surface area contributed by atoms with E-state index in [1.807, 2.05) is 72.8 Å². The van der Waals surface area contributed by atoms with E-state index >= 15 is 0 Å². The van der Waals surface area contributed by atoms with Crippen molar-refractivity contribution in [2.75, 3.05) is 16.6 Å². The van der Waals surface area contributed by atoms with Crippen LogP contribution in [0.1, 0.15) is 31.7 Å². The number of benzene rings is 3. The van der Waals surface area contributed by atoms with Gasteiger partial charge in [-0.1, -0.05) is 68.3 Å². The van der Waals surface area contributed by atoms with E-state index in [2.05, 4.69) is 6.92 Å². The molecule has 0 spiro atoms. The van der Waals surface area contributed by atoms with Crippen molar-refractivity contribution in [3.63, 3.8) is 0 Å². The van der Waals surface area contributed by atoms with E-state index in [0.717, 1.165) is 36.3 Å². The highest BCUT2D eigenvalue weighted by Crippen LogP contribution is 2.41. The van der Waals surface area contributed by atoms with Crippen molar-refractivity contribution < 1.29 is 19.2 Å². The van der Waals surface area contributed by atoms with Crippen LogP contribution >= 0.6 is 0 Å². The van der Waals surface area contributed by atoms with Gasteiger partial charge in [0.25, 0.3) is 5.91 Å². The Hall–Kier alpha value is -3.64. The number of nitrogens with zero attached hydrogens (tertiary/aromatic N) is 2. The highest BCUT2D eigenvalue weighted by Gasteiger charge is 2.59. The zero-order valence-corrected chi connectivity index (χ0v) is 19.9. The van der Waals surface area contributed by atoms with E-state index in [1.54, 1.807) is 17.2 Å². The lowest BCUT2D eigenvalue weighted by atomic mass is 9.91. The van der Waals surface area contributed by atoms with Crippen LogP contribution < -0.4 is 14.7 Å². The van der Waals surface area contributed by atoms with Gasteiger partial charge in [-0.25, -0.2) is 9.96 Å². The normalized spacial score (nSPS) is 21.5. The number of carbonyl (C=O) groups is 2. The van der Waals surface area contributed by atoms with Gasteiger partial charge < -0.3 is 4.74 Å². The monoisotopic (exact) mass is 470 g/mol. The SMILES string of the molecule is CCCCCOc1ccc(N2C(=O)C3ON(c4ccccc4)C(Cc4ccccc4)C3C2=O)cc1. The molecule has 35 heavy (non-hydrogen) atoms. The summed E-state index contributed by atoms with van der Waals surface area (Å²) in [5.41, 5.74) is 2.47. The number of amides is 2. The number of rotatable bonds is 9. The molecule has 0 aliphatic carbocycles. The Morgan fingerprint density at radius 1 is 0.800 bits per heavy atom. The maximum atomic E-state index is 13.7. The maximum Gasteiger partial charge on any atom is 0.266 e. The van der Waals surface area contributed by atoms with Crippen LogP contribution in [0.5, 0.6) is 5.75 Å². The molecule has 3 aromatic carbocycles. The van der Waals surface area contributed by atoms with Gasteiger partial charge in [0.1, 0.15) is 11.7 Å². The van der Waals surface area contributed by atoms with Crippen molar-refractivity contribution >= 4 is 23.2 Å². The van der Waals surface area contributed by atoms with Gasteiger partial charge in [-0.05, 0) is 54.8 Å². The van der Waals surface area contributed by atoms with E-state index in [0.29, 0.717) is 18.7 Å². The minimum absolute atomic E-state index is 0.226. The number of hydrogen-bond donors (Lipinski definition) is 0. The van der Waals surface area contributed by atoms with Crippen LogP contribution in [-0.2, 0) is 20.8 Å². The molecule has 0 N–H and O–H groups in total. The predicted octanol–water partition coefficient (Wildman–Crippen LogP) is 5.18. The van der Waals surface area contributed by atoms with Gasteiger partial charge in [0.2, 0.25) is 5.91 Å². The molecule has 0 bridgehead atoms. The van der Waals surface area contributed by atoms with Gasteiger partial charge in [0.05, 0.1) is 24.0 Å². The third kappa shape index (κ3) is 4.66. The highest BCUT2D eigenvalue weighted by molar-refractivity contribution is 6.23. The molecule has 6 nitrogen and oxygen atoms in total. The first kappa shape index (κ1) is 23.1. The van der Waals surface area contributed by atoms with E-state index in [1.165, 1.54) is 4.90 Å². The summed E-state index contributed by atoms with van der Waals surface area (Å²) in [6.07, 6.45) is 3.01. The number of carbonyl (C=O) groups excluding carboxylic acids is 2. The quantitative estimate of drug-likeness (QED) is 0.319. The zero-order chi connectivity index (χ0) is 24.2. The predicted molar refractivity (Wildman–Crippen MR) is 135 cm³/mol. The minimum Gasteiger partial charge on any atom is -0.494 e. The first-order chi connectivity index (χ1) is 17.2. The number of unbranched alkanes of at least 4 members (excludes halogenated alkanes) is 2. The Morgan fingerprint density at radius 3 is 2.17 bits per heavy atom. The maximum absolute atomic E-state index is 13.7. The van der Waals surface area contributed by atoms with E-state index in [-0.39, 0.29) is 17.9 Å². The second kappa shape index (κ2) is 10.3. The molecule has 2 heterocycles. The molecule has 180 valence electrons. The van der Waals surface area contributed by atoms with Crippen molar-refractivity contribution in [2.24, 2.45) is 5.92 Å². The average Bonchev–Trinajstić information content (AvgIpc) is 3.38. The smallest absolute Gasteiger partial charge is 0.266 e. The van der Waals surface area contributed by atoms with Crippen LogP contribution in [0.25, 0.3) is 0 Å². The first-order valence-electron chi connectivity index (χ1n) is 12.3. The summed E-state index contributed by atoms with van der Waals surface area (Å²) in [5, 5.41) is 1.75. The summed E-state index contributed by atoms with van der Waals surface area (Å²) in [6.45, 7) is 2.81. The molecule has 0 saturated carbocycles. The van der Waals surface area contributed by atoms with Crippen LogP contribution in [0.2, 0.25) is 0 Å². The molecule has 6 heteroatoms. The fourth-order valence-corrected chi connectivity index (χ4v) is 4.87. The summed E-state index contributed by atoms with van der Waals surface area (Å²) >= 11 is 0. The summed E-state index contributed by atoms with van der Waals surface area (Å²) < 4.78 is 5.78. The standard InChI is InChI=1S/C29H30N2O4/c1-2-3-10-19-34-24-17-15-22(16-18-24)30-28(32)26-25(20-21-11-6-4-7-12-21)31(35-27(26)29(30)33)23-13-8-5-9-14-23/h4-9,11-18,25-27H,2-3,10,19-20H2,1H3. The topological polar surface area (TPSA) is 59.1 Å². The first-order valence-corrected chi connectivity index (χ1v) is 12.3. The second-order valence-corrected chi connectivity index (χ2v) is 9.03. The number of para-hydroxylation sites is 1. The van der Waals surface area contributed by atoms with E-state index < -0.39 is 12.0 Å². The molecule has 5 rings (SSSR count). The molecule has 0 aromatic heterocycles. The largest absolute Gasteiger partial charge is 0.494 e.